The molecule has 0 radical (unpaired) electrons. The van der Waals surface area contributed by atoms with E-state index in [0.29, 0.717) is 28.7 Å². The van der Waals surface area contributed by atoms with Gasteiger partial charge in [-0.2, -0.15) is 0 Å². The van der Waals surface area contributed by atoms with Gasteiger partial charge in [-0.1, -0.05) is 25.4 Å². The van der Waals surface area contributed by atoms with Crippen LogP contribution in [0.1, 0.15) is 43.5 Å². The van der Waals surface area contributed by atoms with E-state index in [-0.39, 0.29) is 23.8 Å². The Hall–Kier alpha value is -1.59. The molecular weight excluding hydrogens is 314 g/mol. The van der Waals surface area contributed by atoms with Crippen LogP contribution in [0.4, 0.5) is 5.69 Å². The lowest BCUT2D eigenvalue weighted by molar-refractivity contribution is -0.119. The molecule has 2 unspecified atom stereocenters. The number of rotatable bonds is 5. The maximum absolute atomic E-state index is 12.2. The summed E-state index contributed by atoms with van der Waals surface area (Å²) >= 11 is 6.17. The van der Waals surface area contributed by atoms with Crippen LogP contribution in [-0.4, -0.2) is 24.4 Å². The Balaban J connectivity index is 1.98. The van der Waals surface area contributed by atoms with E-state index in [0.717, 1.165) is 19.3 Å². The molecule has 126 valence electrons. The zero-order valence-corrected chi connectivity index (χ0v) is 14.3. The number of anilines is 1. The van der Waals surface area contributed by atoms with Crippen molar-refractivity contribution >= 4 is 29.1 Å². The highest BCUT2D eigenvalue weighted by molar-refractivity contribution is 6.34. The summed E-state index contributed by atoms with van der Waals surface area (Å²) < 4.78 is 0. The van der Waals surface area contributed by atoms with E-state index >= 15 is 0 Å². The molecule has 1 aliphatic carbocycles. The monoisotopic (exact) mass is 337 g/mol. The van der Waals surface area contributed by atoms with Gasteiger partial charge in [-0.3, -0.25) is 9.59 Å². The van der Waals surface area contributed by atoms with Crippen LogP contribution in [0.15, 0.2) is 18.2 Å². The van der Waals surface area contributed by atoms with Crippen LogP contribution in [0.5, 0.6) is 0 Å². The summed E-state index contributed by atoms with van der Waals surface area (Å²) in [7, 11) is 0. The van der Waals surface area contributed by atoms with Gasteiger partial charge in [0.1, 0.15) is 0 Å². The third-order valence-corrected chi connectivity index (χ3v) is 4.31. The molecule has 1 aliphatic rings. The Morgan fingerprint density at radius 1 is 1.35 bits per heavy atom. The number of halogens is 1. The number of amides is 2. The number of nitrogens with two attached hydrogens (primary N) is 1. The average Bonchev–Trinajstić information content (AvgIpc) is 2.91. The van der Waals surface area contributed by atoms with Gasteiger partial charge in [-0.25, -0.2) is 0 Å². The quantitative estimate of drug-likeness (QED) is 0.772. The third-order valence-electron chi connectivity index (χ3n) is 4.00. The molecule has 5 nitrogen and oxygen atoms in total. The topological polar surface area (TPSA) is 84.2 Å². The van der Waals surface area contributed by atoms with E-state index in [2.05, 4.69) is 10.6 Å². The fourth-order valence-electron chi connectivity index (χ4n) is 2.67. The number of nitrogens with one attached hydrogen (secondary N) is 2. The number of carbonyl (C=O) groups is 2. The molecular formula is C17H24ClN3O2. The van der Waals surface area contributed by atoms with Crippen LogP contribution in [0.2, 0.25) is 5.02 Å². The molecule has 0 aromatic heterocycles. The minimum absolute atomic E-state index is 0.0361. The van der Waals surface area contributed by atoms with Crippen molar-refractivity contribution < 1.29 is 9.59 Å². The van der Waals surface area contributed by atoms with Crippen molar-refractivity contribution in [1.82, 2.24) is 5.32 Å². The summed E-state index contributed by atoms with van der Waals surface area (Å²) in [6.07, 6.45) is 2.42. The van der Waals surface area contributed by atoms with E-state index < -0.39 is 0 Å². The molecule has 1 aromatic carbocycles. The minimum atomic E-state index is -0.205. The predicted octanol–water partition coefficient (Wildman–Crippen LogP) is 2.79. The number of carbonyl (C=O) groups excluding carboxylic acids is 2. The Morgan fingerprint density at radius 3 is 2.65 bits per heavy atom. The molecule has 2 amide bonds. The molecule has 2 atom stereocenters. The normalized spacial score (nSPS) is 20.6. The summed E-state index contributed by atoms with van der Waals surface area (Å²) in [6.45, 7) is 4.64. The van der Waals surface area contributed by atoms with Gasteiger partial charge in [-0.05, 0) is 43.4 Å². The molecule has 2 rings (SSSR count). The van der Waals surface area contributed by atoms with Crippen LogP contribution in [-0.2, 0) is 4.79 Å². The lowest BCUT2D eigenvalue weighted by Crippen LogP contribution is -2.27. The summed E-state index contributed by atoms with van der Waals surface area (Å²) in [5.41, 5.74) is 6.85. The van der Waals surface area contributed by atoms with Crippen LogP contribution in [0.25, 0.3) is 0 Å². The molecule has 6 heteroatoms. The third kappa shape index (κ3) is 4.94. The molecule has 1 aromatic rings. The van der Waals surface area contributed by atoms with Crippen molar-refractivity contribution in [3.05, 3.63) is 28.8 Å². The molecule has 0 saturated heterocycles. The highest BCUT2D eigenvalue weighted by Crippen LogP contribution is 2.27. The molecule has 0 heterocycles. The minimum Gasteiger partial charge on any atom is -0.352 e. The first-order valence-electron chi connectivity index (χ1n) is 8.01. The molecule has 1 fully saturated rings. The zero-order chi connectivity index (χ0) is 17.0. The Kier molecular flexibility index (Phi) is 6.02. The van der Waals surface area contributed by atoms with Crippen molar-refractivity contribution in [1.29, 1.82) is 0 Å². The number of hydrogen-bond donors (Lipinski definition) is 3. The van der Waals surface area contributed by atoms with E-state index in [1.165, 1.54) is 0 Å². The van der Waals surface area contributed by atoms with E-state index in [9.17, 15) is 9.59 Å². The van der Waals surface area contributed by atoms with Crippen LogP contribution in [0, 0.1) is 11.8 Å². The van der Waals surface area contributed by atoms with Gasteiger partial charge in [-0.15, -0.1) is 0 Å². The second-order valence-electron chi connectivity index (χ2n) is 6.56. The van der Waals surface area contributed by atoms with Gasteiger partial charge in [0.2, 0.25) is 5.91 Å². The van der Waals surface area contributed by atoms with Gasteiger partial charge in [0.05, 0.1) is 10.6 Å². The van der Waals surface area contributed by atoms with Gasteiger partial charge in [0, 0.05) is 24.2 Å². The van der Waals surface area contributed by atoms with Crippen molar-refractivity contribution in [3.8, 4) is 0 Å². The lowest BCUT2D eigenvalue weighted by atomic mass is 10.1. The zero-order valence-electron chi connectivity index (χ0n) is 13.6. The lowest BCUT2D eigenvalue weighted by Gasteiger charge is -2.13. The first-order valence-corrected chi connectivity index (χ1v) is 8.38. The van der Waals surface area contributed by atoms with E-state index in [1.807, 2.05) is 13.8 Å². The predicted molar refractivity (Wildman–Crippen MR) is 92.6 cm³/mol. The first kappa shape index (κ1) is 17.8. The van der Waals surface area contributed by atoms with Crippen LogP contribution >= 0.6 is 11.6 Å². The Bertz CT molecular complexity index is 589. The van der Waals surface area contributed by atoms with Crippen LogP contribution in [0.3, 0.4) is 0 Å². The highest BCUT2D eigenvalue weighted by Gasteiger charge is 2.27. The maximum Gasteiger partial charge on any atom is 0.252 e. The fraction of sp³-hybridized carbons (Fsp3) is 0.529. The average molecular weight is 338 g/mol. The molecule has 23 heavy (non-hydrogen) atoms. The summed E-state index contributed by atoms with van der Waals surface area (Å²) in [5, 5.41) is 6.00. The summed E-state index contributed by atoms with van der Waals surface area (Å²) in [4.78, 5) is 24.2. The largest absolute Gasteiger partial charge is 0.352 e. The molecule has 0 bridgehead atoms. The second-order valence-corrected chi connectivity index (χ2v) is 6.97. The Labute approximate surface area is 142 Å². The molecule has 0 spiro atoms. The van der Waals surface area contributed by atoms with E-state index in [1.54, 1.807) is 18.2 Å². The van der Waals surface area contributed by atoms with Gasteiger partial charge in [0.25, 0.3) is 5.91 Å². The SMILES string of the molecule is CC(C)CNC(=O)c1ccc(NC(=O)C2CCC(N)C2)cc1Cl. The number of hydrogen-bond acceptors (Lipinski definition) is 3. The second kappa shape index (κ2) is 7.79. The molecule has 1 saturated carbocycles. The van der Waals surface area contributed by atoms with Gasteiger partial charge < -0.3 is 16.4 Å². The summed E-state index contributed by atoms with van der Waals surface area (Å²) in [5.74, 6) is 0.0845. The standard InChI is InChI=1S/C17H24ClN3O2/c1-10(2)9-20-17(23)14-6-5-13(8-15(14)18)21-16(22)11-3-4-12(19)7-11/h5-6,8,10-12H,3-4,7,9,19H2,1-2H3,(H,20,23)(H,21,22). The Morgan fingerprint density at radius 2 is 2.09 bits per heavy atom. The van der Waals surface area contributed by atoms with Gasteiger partial charge >= 0.3 is 0 Å². The maximum atomic E-state index is 12.2. The fourth-order valence-corrected chi connectivity index (χ4v) is 2.93. The van der Waals surface area contributed by atoms with Crippen molar-refractivity contribution in [3.63, 3.8) is 0 Å². The van der Waals surface area contributed by atoms with Crippen molar-refractivity contribution in [2.75, 3.05) is 11.9 Å². The number of benzene rings is 1. The smallest absolute Gasteiger partial charge is 0.252 e. The van der Waals surface area contributed by atoms with Crippen molar-refractivity contribution in [2.45, 2.75) is 39.2 Å². The van der Waals surface area contributed by atoms with Crippen LogP contribution < -0.4 is 16.4 Å². The molecule has 4 N–H and O–H groups in total. The first-order chi connectivity index (χ1) is 10.9. The summed E-state index contributed by atoms with van der Waals surface area (Å²) in [6, 6.07) is 5.05. The highest BCUT2D eigenvalue weighted by atomic mass is 35.5. The molecule has 0 aliphatic heterocycles. The van der Waals surface area contributed by atoms with E-state index in [4.69, 9.17) is 17.3 Å². The van der Waals surface area contributed by atoms with Gasteiger partial charge in [0.15, 0.2) is 0 Å². The van der Waals surface area contributed by atoms with Crippen molar-refractivity contribution in [2.24, 2.45) is 17.6 Å².